The molecule has 0 saturated heterocycles. The number of rotatable bonds is 5. The van der Waals surface area contributed by atoms with Crippen molar-refractivity contribution < 1.29 is 9.50 Å². The molecule has 0 aliphatic carbocycles. The van der Waals surface area contributed by atoms with E-state index in [9.17, 15) is 9.50 Å². The van der Waals surface area contributed by atoms with Crippen molar-refractivity contribution in [2.45, 2.75) is 46.1 Å². The second kappa shape index (κ2) is 6.88. The van der Waals surface area contributed by atoms with Gasteiger partial charge >= 0.3 is 0 Å². The highest BCUT2D eigenvalue weighted by molar-refractivity contribution is 6.31. The van der Waals surface area contributed by atoms with Crippen LogP contribution in [0.25, 0.3) is 0 Å². The van der Waals surface area contributed by atoms with E-state index in [1.807, 2.05) is 0 Å². The average molecular weight is 302 g/mol. The predicted octanol–water partition coefficient (Wildman–Crippen LogP) is 3.95. The highest BCUT2D eigenvalue weighted by Gasteiger charge is 2.29. The first-order valence-electron chi connectivity index (χ1n) is 7.00. The van der Waals surface area contributed by atoms with Crippen LogP contribution in [0, 0.1) is 17.2 Å². The number of hydrogen-bond donors (Lipinski definition) is 2. The standard InChI is InChI=1S/C16H25ClFNO/c1-10(16(2,3)4)8-14(20)11(9-19)15-12(17)6-5-7-13(15)18/h5-7,10-11,14,20H,8-9,19H2,1-4H3. The molecule has 3 unspecified atom stereocenters. The maximum atomic E-state index is 14.0. The van der Waals surface area contributed by atoms with E-state index in [1.165, 1.54) is 6.07 Å². The van der Waals surface area contributed by atoms with Crippen LogP contribution in [0.3, 0.4) is 0 Å². The zero-order valence-electron chi connectivity index (χ0n) is 12.7. The van der Waals surface area contributed by atoms with Crippen LogP contribution in [-0.2, 0) is 0 Å². The van der Waals surface area contributed by atoms with Crippen LogP contribution in [-0.4, -0.2) is 17.8 Å². The van der Waals surface area contributed by atoms with Gasteiger partial charge in [-0.15, -0.1) is 0 Å². The molecular weight excluding hydrogens is 277 g/mol. The first-order chi connectivity index (χ1) is 9.18. The van der Waals surface area contributed by atoms with Gasteiger partial charge in [-0.05, 0) is 29.9 Å². The van der Waals surface area contributed by atoms with E-state index in [0.29, 0.717) is 17.0 Å². The van der Waals surface area contributed by atoms with Gasteiger partial charge in [-0.2, -0.15) is 0 Å². The topological polar surface area (TPSA) is 46.2 Å². The summed E-state index contributed by atoms with van der Waals surface area (Å²) in [5, 5.41) is 10.8. The molecule has 3 N–H and O–H groups in total. The molecule has 0 aromatic heterocycles. The van der Waals surface area contributed by atoms with E-state index in [2.05, 4.69) is 27.7 Å². The molecule has 0 saturated carbocycles. The monoisotopic (exact) mass is 301 g/mol. The molecule has 3 atom stereocenters. The highest BCUT2D eigenvalue weighted by Crippen LogP contribution is 2.35. The summed E-state index contributed by atoms with van der Waals surface area (Å²) < 4.78 is 14.0. The van der Waals surface area contributed by atoms with E-state index >= 15 is 0 Å². The van der Waals surface area contributed by atoms with Crippen molar-refractivity contribution in [2.24, 2.45) is 17.1 Å². The molecule has 0 fully saturated rings. The Morgan fingerprint density at radius 1 is 1.35 bits per heavy atom. The number of aliphatic hydroxyl groups is 1. The molecule has 1 aromatic carbocycles. The summed E-state index contributed by atoms with van der Waals surface area (Å²) in [6.45, 7) is 8.62. The number of aliphatic hydroxyl groups excluding tert-OH is 1. The summed E-state index contributed by atoms with van der Waals surface area (Å²) in [5.74, 6) is -0.596. The van der Waals surface area contributed by atoms with Gasteiger partial charge in [0, 0.05) is 23.0 Å². The fourth-order valence-corrected chi connectivity index (χ4v) is 2.52. The first-order valence-corrected chi connectivity index (χ1v) is 7.38. The summed E-state index contributed by atoms with van der Waals surface area (Å²) in [6, 6.07) is 4.53. The molecule has 0 heterocycles. The van der Waals surface area contributed by atoms with Gasteiger partial charge in [-0.25, -0.2) is 4.39 Å². The molecule has 0 aliphatic heterocycles. The Kier molecular flexibility index (Phi) is 5.99. The van der Waals surface area contributed by atoms with Crippen LogP contribution in [0.5, 0.6) is 0 Å². The summed E-state index contributed by atoms with van der Waals surface area (Å²) in [6.07, 6.45) is -0.139. The Morgan fingerprint density at radius 3 is 2.40 bits per heavy atom. The number of nitrogens with two attached hydrogens (primary N) is 1. The third-order valence-electron chi connectivity index (χ3n) is 4.16. The van der Waals surface area contributed by atoms with Gasteiger partial charge in [0.2, 0.25) is 0 Å². The number of benzene rings is 1. The molecule has 0 aliphatic rings. The van der Waals surface area contributed by atoms with Crippen molar-refractivity contribution in [1.29, 1.82) is 0 Å². The lowest BCUT2D eigenvalue weighted by Crippen LogP contribution is -2.31. The average Bonchev–Trinajstić information content (AvgIpc) is 2.32. The van der Waals surface area contributed by atoms with Crippen LogP contribution < -0.4 is 5.73 Å². The zero-order chi connectivity index (χ0) is 15.5. The minimum atomic E-state index is -0.705. The van der Waals surface area contributed by atoms with E-state index in [4.69, 9.17) is 17.3 Å². The molecule has 2 nitrogen and oxygen atoms in total. The lowest BCUT2D eigenvalue weighted by molar-refractivity contribution is 0.0885. The lowest BCUT2D eigenvalue weighted by Gasteiger charge is -2.32. The maximum Gasteiger partial charge on any atom is 0.128 e. The smallest absolute Gasteiger partial charge is 0.128 e. The third-order valence-corrected chi connectivity index (χ3v) is 4.49. The molecule has 1 aromatic rings. The van der Waals surface area contributed by atoms with Crippen LogP contribution in [0.2, 0.25) is 5.02 Å². The van der Waals surface area contributed by atoms with Gasteiger partial charge in [0.25, 0.3) is 0 Å². The van der Waals surface area contributed by atoms with Crippen LogP contribution in [0.4, 0.5) is 4.39 Å². The van der Waals surface area contributed by atoms with Crippen LogP contribution in [0.1, 0.15) is 45.6 Å². The summed E-state index contributed by atoms with van der Waals surface area (Å²) in [4.78, 5) is 0. The minimum absolute atomic E-state index is 0.0825. The van der Waals surface area contributed by atoms with Crippen molar-refractivity contribution in [2.75, 3.05) is 6.54 Å². The normalized spacial score (nSPS) is 16.8. The fraction of sp³-hybridized carbons (Fsp3) is 0.625. The molecular formula is C16H25ClFNO. The van der Waals surface area contributed by atoms with E-state index in [0.717, 1.165) is 0 Å². The molecule has 0 spiro atoms. The zero-order valence-corrected chi connectivity index (χ0v) is 13.4. The molecule has 4 heteroatoms. The summed E-state index contributed by atoms with van der Waals surface area (Å²) in [5.41, 5.74) is 6.15. The van der Waals surface area contributed by atoms with Gasteiger partial charge in [0.15, 0.2) is 0 Å². The largest absolute Gasteiger partial charge is 0.392 e. The minimum Gasteiger partial charge on any atom is -0.392 e. The maximum absolute atomic E-state index is 14.0. The van der Waals surface area contributed by atoms with Crippen molar-refractivity contribution in [3.8, 4) is 0 Å². The van der Waals surface area contributed by atoms with Crippen molar-refractivity contribution >= 4 is 11.6 Å². The molecule has 114 valence electrons. The summed E-state index contributed by atoms with van der Waals surface area (Å²) >= 11 is 6.07. The Labute approximate surface area is 126 Å². The second-order valence-electron chi connectivity index (χ2n) is 6.55. The van der Waals surface area contributed by atoms with Crippen molar-refractivity contribution in [1.82, 2.24) is 0 Å². The third kappa shape index (κ3) is 4.18. The molecule has 0 radical (unpaired) electrons. The number of halogens is 2. The first kappa shape index (κ1) is 17.4. The van der Waals surface area contributed by atoms with Gasteiger partial charge in [-0.3, -0.25) is 0 Å². The van der Waals surface area contributed by atoms with Gasteiger partial charge in [0.05, 0.1) is 6.10 Å². The quantitative estimate of drug-likeness (QED) is 0.865. The second-order valence-corrected chi connectivity index (χ2v) is 6.95. The van der Waals surface area contributed by atoms with Crippen molar-refractivity contribution in [3.05, 3.63) is 34.6 Å². The van der Waals surface area contributed by atoms with E-state index in [-0.39, 0.29) is 17.9 Å². The SMILES string of the molecule is CC(CC(O)C(CN)c1c(F)cccc1Cl)C(C)(C)C. The Hall–Kier alpha value is -0.640. The Bertz CT molecular complexity index is 424. The Morgan fingerprint density at radius 2 is 1.95 bits per heavy atom. The van der Waals surface area contributed by atoms with Crippen LogP contribution in [0.15, 0.2) is 18.2 Å². The molecule has 20 heavy (non-hydrogen) atoms. The highest BCUT2D eigenvalue weighted by atomic mass is 35.5. The van der Waals surface area contributed by atoms with E-state index in [1.54, 1.807) is 12.1 Å². The molecule has 0 bridgehead atoms. The van der Waals surface area contributed by atoms with Gasteiger partial charge in [0.1, 0.15) is 5.82 Å². The van der Waals surface area contributed by atoms with Crippen LogP contribution >= 0.6 is 11.6 Å². The summed E-state index contributed by atoms with van der Waals surface area (Å²) in [7, 11) is 0. The predicted molar refractivity (Wildman–Crippen MR) is 82.4 cm³/mol. The lowest BCUT2D eigenvalue weighted by atomic mass is 9.76. The van der Waals surface area contributed by atoms with Crippen molar-refractivity contribution in [3.63, 3.8) is 0 Å². The fourth-order valence-electron chi connectivity index (χ4n) is 2.21. The molecule has 1 rings (SSSR count). The van der Waals surface area contributed by atoms with Gasteiger partial charge < -0.3 is 10.8 Å². The number of hydrogen-bond acceptors (Lipinski definition) is 2. The Balaban J connectivity index is 2.96. The van der Waals surface area contributed by atoms with Gasteiger partial charge in [-0.1, -0.05) is 45.4 Å². The molecule has 0 amide bonds. The van der Waals surface area contributed by atoms with E-state index < -0.39 is 17.8 Å².